The molecular formula is C13H15NS2. The van der Waals surface area contributed by atoms with Crippen molar-refractivity contribution in [2.24, 2.45) is 0 Å². The molecule has 2 aromatic rings. The van der Waals surface area contributed by atoms with E-state index in [4.69, 9.17) is 4.98 Å². The fourth-order valence-corrected chi connectivity index (χ4v) is 5.13. The first-order valence-corrected chi connectivity index (χ1v) is 7.43. The summed E-state index contributed by atoms with van der Waals surface area (Å²) in [6.45, 7) is 2.39. The van der Waals surface area contributed by atoms with Gasteiger partial charge in [-0.1, -0.05) is 36.7 Å². The molecule has 16 heavy (non-hydrogen) atoms. The number of nitrogens with zero attached hydrogens (tertiary/aromatic N) is 1. The third kappa shape index (κ3) is 1.98. The molecule has 1 aliphatic carbocycles. The Morgan fingerprint density at radius 2 is 2.00 bits per heavy atom. The first kappa shape index (κ1) is 10.6. The topological polar surface area (TPSA) is 12.9 Å². The predicted molar refractivity (Wildman–Crippen MR) is 72.4 cm³/mol. The van der Waals surface area contributed by atoms with Crippen LogP contribution in [0.4, 0.5) is 0 Å². The average Bonchev–Trinajstić information content (AvgIpc) is 2.84. The maximum absolute atomic E-state index is 4.70. The third-order valence-electron chi connectivity index (χ3n) is 3.27. The lowest BCUT2D eigenvalue weighted by Gasteiger charge is -2.20. The summed E-state index contributed by atoms with van der Waals surface area (Å²) in [5.74, 6) is 0. The van der Waals surface area contributed by atoms with E-state index in [9.17, 15) is 0 Å². The number of fused-ring (bicyclic) bond motifs is 1. The molecular weight excluding hydrogens is 234 g/mol. The van der Waals surface area contributed by atoms with E-state index in [1.807, 2.05) is 23.1 Å². The highest BCUT2D eigenvalue weighted by Gasteiger charge is 2.30. The van der Waals surface area contributed by atoms with E-state index in [0.29, 0.717) is 4.75 Å². The van der Waals surface area contributed by atoms with Crippen LogP contribution in [-0.4, -0.2) is 9.73 Å². The van der Waals surface area contributed by atoms with Crippen molar-refractivity contribution in [2.75, 3.05) is 0 Å². The van der Waals surface area contributed by atoms with Gasteiger partial charge in [-0.15, -0.1) is 11.3 Å². The van der Waals surface area contributed by atoms with Crippen LogP contribution in [0, 0.1) is 0 Å². The highest BCUT2D eigenvalue weighted by Crippen LogP contribution is 2.46. The Morgan fingerprint density at radius 1 is 1.25 bits per heavy atom. The van der Waals surface area contributed by atoms with Crippen LogP contribution in [0.1, 0.15) is 32.6 Å². The highest BCUT2D eigenvalue weighted by atomic mass is 32.2. The van der Waals surface area contributed by atoms with Gasteiger partial charge in [-0.3, -0.25) is 0 Å². The van der Waals surface area contributed by atoms with Crippen LogP contribution in [0.3, 0.4) is 0 Å². The average molecular weight is 249 g/mol. The van der Waals surface area contributed by atoms with Gasteiger partial charge in [-0.05, 0) is 31.9 Å². The maximum atomic E-state index is 4.70. The van der Waals surface area contributed by atoms with E-state index in [-0.39, 0.29) is 0 Å². The molecule has 0 N–H and O–H groups in total. The summed E-state index contributed by atoms with van der Waals surface area (Å²) in [6.07, 6.45) is 5.45. The molecule has 3 heteroatoms. The summed E-state index contributed by atoms with van der Waals surface area (Å²) < 4.78 is 2.99. The number of aromatic nitrogens is 1. The second-order valence-electron chi connectivity index (χ2n) is 4.71. The molecule has 1 saturated carbocycles. The van der Waals surface area contributed by atoms with Crippen LogP contribution in [0.2, 0.25) is 0 Å². The highest BCUT2D eigenvalue weighted by molar-refractivity contribution is 8.02. The molecule has 0 aliphatic heterocycles. The number of thioether (sulfide) groups is 1. The molecule has 1 aliphatic rings. The van der Waals surface area contributed by atoms with Crippen molar-refractivity contribution in [1.82, 2.24) is 4.98 Å². The summed E-state index contributed by atoms with van der Waals surface area (Å²) in [5, 5.41) is 0. The molecule has 0 amide bonds. The molecule has 0 atom stereocenters. The zero-order valence-electron chi connectivity index (χ0n) is 9.40. The third-order valence-corrected chi connectivity index (χ3v) is 5.77. The van der Waals surface area contributed by atoms with Crippen molar-refractivity contribution < 1.29 is 0 Å². The SMILES string of the molecule is CC1(Sc2nc3ccccc3s2)CCCC1. The van der Waals surface area contributed by atoms with Gasteiger partial charge in [0.2, 0.25) is 0 Å². The van der Waals surface area contributed by atoms with Crippen molar-refractivity contribution in [3.8, 4) is 0 Å². The minimum Gasteiger partial charge on any atom is -0.230 e. The van der Waals surface area contributed by atoms with Crippen LogP contribution in [0.5, 0.6) is 0 Å². The van der Waals surface area contributed by atoms with E-state index in [1.165, 1.54) is 34.7 Å². The molecule has 1 aromatic heterocycles. The molecule has 1 heterocycles. The number of hydrogen-bond acceptors (Lipinski definition) is 3. The van der Waals surface area contributed by atoms with Crippen molar-refractivity contribution in [1.29, 1.82) is 0 Å². The van der Waals surface area contributed by atoms with Crippen LogP contribution in [0.25, 0.3) is 10.2 Å². The zero-order chi connectivity index (χ0) is 11.0. The number of para-hydroxylation sites is 1. The Hall–Kier alpha value is -0.540. The smallest absolute Gasteiger partial charge is 0.151 e. The molecule has 0 radical (unpaired) electrons. The van der Waals surface area contributed by atoms with E-state index < -0.39 is 0 Å². The van der Waals surface area contributed by atoms with Gasteiger partial charge in [0, 0.05) is 4.75 Å². The molecule has 1 aromatic carbocycles. The van der Waals surface area contributed by atoms with Crippen LogP contribution in [0.15, 0.2) is 28.6 Å². The van der Waals surface area contributed by atoms with E-state index in [0.717, 1.165) is 5.52 Å². The Labute approximate surface area is 104 Å². The van der Waals surface area contributed by atoms with Gasteiger partial charge in [-0.25, -0.2) is 4.98 Å². The van der Waals surface area contributed by atoms with Crippen molar-refractivity contribution in [3.05, 3.63) is 24.3 Å². The quantitative estimate of drug-likeness (QED) is 0.763. The minimum absolute atomic E-state index is 0.438. The standard InChI is InChI=1S/C13H15NS2/c1-13(8-4-5-9-13)16-12-14-10-6-2-3-7-11(10)15-12/h2-3,6-7H,4-5,8-9H2,1H3. The minimum atomic E-state index is 0.438. The first-order valence-electron chi connectivity index (χ1n) is 5.80. The fourth-order valence-electron chi connectivity index (χ4n) is 2.33. The number of thiazole rings is 1. The lowest BCUT2D eigenvalue weighted by Crippen LogP contribution is -2.13. The molecule has 0 bridgehead atoms. The van der Waals surface area contributed by atoms with Gasteiger partial charge in [0.1, 0.15) is 0 Å². The molecule has 0 saturated heterocycles. The molecule has 84 valence electrons. The zero-order valence-corrected chi connectivity index (χ0v) is 11.0. The lowest BCUT2D eigenvalue weighted by molar-refractivity contribution is 0.672. The van der Waals surface area contributed by atoms with E-state index in [1.54, 1.807) is 0 Å². The first-order chi connectivity index (χ1) is 7.75. The number of benzene rings is 1. The van der Waals surface area contributed by atoms with Gasteiger partial charge in [0.05, 0.1) is 10.2 Å². The molecule has 0 spiro atoms. The molecule has 1 fully saturated rings. The maximum Gasteiger partial charge on any atom is 0.151 e. The monoisotopic (exact) mass is 249 g/mol. The Bertz CT molecular complexity index is 464. The summed E-state index contributed by atoms with van der Waals surface area (Å²) in [4.78, 5) is 4.70. The van der Waals surface area contributed by atoms with Crippen molar-refractivity contribution >= 4 is 33.3 Å². The van der Waals surface area contributed by atoms with Gasteiger partial charge in [0.25, 0.3) is 0 Å². The molecule has 3 rings (SSSR count). The second-order valence-corrected chi connectivity index (χ2v) is 7.57. The second kappa shape index (κ2) is 4.04. The normalized spacial score (nSPS) is 19.3. The van der Waals surface area contributed by atoms with Gasteiger partial charge in [-0.2, -0.15) is 0 Å². The van der Waals surface area contributed by atoms with E-state index >= 15 is 0 Å². The summed E-state index contributed by atoms with van der Waals surface area (Å²) in [7, 11) is 0. The number of hydrogen-bond donors (Lipinski definition) is 0. The molecule has 1 nitrogen and oxygen atoms in total. The van der Waals surface area contributed by atoms with Gasteiger partial charge >= 0.3 is 0 Å². The van der Waals surface area contributed by atoms with Crippen molar-refractivity contribution in [3.63, 3.8) is 0 Å². The molecule has 0 unspecified atom stereocenters. The Kier molecular flexibility index (Phi) is 2.68. The summed E-state index contributed by atoms with van der Waals surface area (Å²) in [6, 6.07) is 8.42. The predicted octanol–water partition coefficient (Wildman–Crippen LogP) is 4.72. The summed E-state index contributed by atoms with van der Waals surface area (Å²) in [5.41, 5.74) is 1.15. The summed E-state index contributed by atoms with van der Waals surface area (Å²) >= 11 is 3.82. The van der Waals surface area contributed by atoms with Crippen molar-refractivity contribution in [2.45, 2.75) is 41.7 Å². The van der Waals surface area contributed by atoms with Gasteiger partial charge < -0.3 is 0 Å². The van der Waals surface area contributed by atoms with Crippen LogP contribution < -0.4 is 0 Å². The van der Waals surface area contributed by atoms with E-state index in [2.05, 4.69) is 31.2 Å². The van der Waals surface area contributed by atoms with Crippen LogP contribution >= 0.6 is 23.1 Å². The fraction of sp³-hybridized carbons (Fsp3) is 0.462. The lowest BCUT2D eigenvalue weighted by atomic mass is 10.1. The van der Waals surface area contributed by atoms with Gasteiger partial charge in [0.15, 0.2) is 4.34 Å². The van der Waals surface area contributed by atoms with Crippen LogP contribution in [-0.2, 0) is 0 Å². The number of rotatable bonds is 2. The Morgan fingerprint density at radius 3 is 2.75 bits per heavy atom. The largest absolute Gasteiger partial charge is 0.230 e. The Balaban J connectivity index is 1.89.